The number of aromatic nitrogens is 2. The first kappa shape index (κ1) is 14.5. The van der Waals surface area contributed by atoms with Gasteiger partial charge in [0, 0.05) is 24.4 Å². The molecule has 4 nitrogen and oxygen atoms in total. The quantitative estimate of drug-likeness (QED) is 0.868. The Bertz CT molecular complexity index is 737. The normalized spacial score (nSPS) is 10.8. The third-order valence-electron chi connectivity index (χ3n) is 2.96. The molecule has 0 saturated heterocycles. The molecule has 0 saturated carbocycles. The van der Waals surface area contributed by atoms with E-state index in [1.54, 1.807) is 6.07 Å². The Kier molecular flexibility index (Phi) is 4.39. The molecule has 1 aromatic carbocycles. The predicted molar refractivity (Wildman–Crippen MR) is 75.8 cm³/mol. The lowest BCUT2D eigenvalue weighted by Crippen LogP contribution is -2.39. The number of aryl methyl sites for hydroxylation is 1. The summed E-state index contributed by atoms with van der Waals surface area (Å²) in [6.07, 6.45) is 2.22. The van der Waals surface area contributed by atoms with Gasteiger partial charge in [0.2, 0.25) is 0 Å². The highest BCUT2D eigenvalue weighted by molar-refractivity contribution is 6.30. The summed E-state index contributed by atoms with van der Waals surface area (Å²) in [4.78, 5) is 23.9. The number of nitrogens with zero attached hydrogens (tertiary/aromatic N) is 2. The molecule has 0 aliphatic rings. The van der Waals surface area contributed by atoms with E-state index in [9.17, 15) is 14.0 Å². The largest absolute Gasteiger partial charge is 0.331 e. The van der Waals surface area contributed by atoms with E-state index in [0.29, 0.717) is 6.54 Å². The summed E-state index contributed by atoms with van der Waals surface area (Å²) >= 11 is 5.69. The van der Waals surface area contributed by atoms with Gasteiger partial charge >= 0.3 is 5.69 Å². The molecule has 0 atom stereocenters. The number of benzene rings is 1. The average Bonchev–Trinajstić information content (AvgIpc) is 2.42. The third-order valence-corrected chi connectivity index (χ3v) is 3.26. The summed E-state index contributed by atoms with van der Waals surface area (Å²) in [5.74, 6) is -0.605. The Hall–Kier alpha value is -1.88. The van der Waals surface area contributed by atoms with E-state index in [0.717, 1.165) is 11.0 Å². The molecule has 2 rings (SSSR count). The monoisotopic (exact) mass is 296 g/mol. The van der Waals surface area contributed by atoms with Crippen LogP contribution in [0.4, 0.5) is 4.39 Å². The molecule has 1 heterocycles. The van der Waals surface area contributed by atoms with Gasteiger partial charge in [0.05, 0.1) is 11.6 Å². The Morgan fingerprint density at radius 3 is 2.70 bits per heavy atom. The van der Waals surface area contributed by atoms with Crippen molar-refractivity contribution in [1.82, 2.24) is 9.13 Å². The molecule has 0 N–H and O–H groups in total. The first-order valence-corrected chi connectivity index (χ1v) is 6.65. The van der Waals surface area contributed by atoms with Gasteiger partial charge in [-0.25, -0.2) is 9.18 Å². The molecule has 0 unspecified atom stereocenters. The lowest BCUT2D eigenvalue weighted by molar-refractivity contribution is 0.551. The lowest BCUT2D eigenvalue weighted by Gasteiger charge is -2.10. The molecule has 106 valence electrons. The second-order valence-electron chi connectivity index (χ2n) is 4.43. The standard InChI is InChI=1S/C14H14ClFN2O2/c1-2-7-17-8-6-12(19)18(14(17)20)9-10-4-3-5-11(15)13(10)16/h3-6,8H,2,7,9H2,1H3. The minimum Gasteiger partial charge on any atom is -0.300 e. The van der Waals surface area contributed by atoms with Crippen molar-refractivity contribution in [2.75, 3.05) is 0 Å². The van der Waals surface area contributed by atoms with Crippen molar-refractivity contribution in [3.8, 4) is 0 Å². The Balaban J connectivity index is 2.48. The van der Waals surface area contributed by atoms with Crippen molar-refractivity contribution in [2.24, 2.45) is 0 Å². The second kappa shape index (κ2) is 6.05. The van der Waals surface area contributed by atoms with Crippen molar-refractivity contribution in [3.63, 3.8) is 0 Å². The van der Waals surface area contributed by atoms with Gasteiger partial charge in [-0.3, -0.25) is 9.36 Å². The van der Waals surface area contributed by atoms with Crippen LogP contribution in [0.25, 0.3) is 0 Å². The predicted octanol–water partition coefficient (Wildman–Crippen LogP) is 2.26. The van der Waals surface area contributed by atoms with Crippen molar-refractivity contribution in [3.05, 3.63) is 67.7 Å². The van der Waals surface area contributed by atoms with E-state index in [4.69, 9.17) is 11.6 Å². The lowest BCUT2D eigenvalue weighted by atomic mass is 10.2. The molecule has 6 heteroatoms. The summed E-state index contributed by atoms with van der Waals surface area (Å²) in [7, 11) is 0. The minimum absolute atomic E-state index is 0.0274. The number of hydrogen-bond acceptors (Lipinski definition) is 2. The average molecular weight is 297 g/mol. The van der Waals surface area contributed by atoms with Crippen LogP contribution in [-0.2, 0) is 13.1 Å². The van der Waals surface area contributed by atoms with Gasteiger partial charge in [-0.2, -0.15) is 0 Å². The van der Waals surface area contributed by atoms with Gasteiger partial charge in [-0.15, -0.1) is 0 Å². The zero-order valence-electron chi connectivity index (χ0n) is 11.0. The fourth-order valence-electron chi connectivity index (χ4n) is 1.95. The van der Waals surface area contributed by atoms with Crippen LogP contribution >= 0.6 is 11.6 Å². The van der Waals surface area contributed by atoms with E-state index in [1.807, 2.05) is 6.92 Å². The highest BCUT2D eigenvalue weighted by Crippen LogP contribution is 2.17. The maximum atomic E-state index is 13.8. The molecule has 0 radical (unpaired) electrons. The fourth-order valence-corrected chi connectivity index (χ4v) is 2.15. The van der Waals surface area contributed by atoms with Crippen molar-refractivity contribution in [1.29, 1.82) is 0 Å². The van der Waals surface area contributed by atoms with E-state index >= 15 is 0 Å². The Morgan fingerprint density at radius 2 is 2.00 bits per heavy atom. The van der Waals surface area contributed by atoms with Crippen LogP contribution in [0.15, 0.2) is 40.1 Å². The van der Waals surface area contributed by atoms with Gasteiger partial charge in [0.1, 0.15) is 5.82 Å². The van der Waals surface area contributed by atoms with E-state index in [1.165, 1.54) is 29.0 Å². The minimum atomic E-state index is -0.605. The summed E-state index contributed by atoms with van der Waals surface area (Å²) in [6, 6.07) is 5.81. The van der Waals surface area contributed by atoms with Crippen molar-refractivity contribution < 1.29 is 4.39 Å². The summed E-state index contributed by atoms with van der Waals surface area (Å²) in [5, 5.41) is -0.0274. The van der Waals surface area contributed by atoms with E-state index in [2.05, 4.69) is 0 Å². The maximum absolute atomic E-state index is 13.8. The van der Waals surface area contributed by atoms with Crippen molar-refractivity contribution >= 4 is 11.6 Å². The van der Waals surface area contributed by atoms with Crippen LogP contribution in [0.3, 0.4) is 0 Å². The van der Waals surface area contributed by atoms with Crippen LogP contribution in [0.1, 0.15) is 18.9 Å². The number of rotatable bonds is 4. The fraction of sp³-hybridized carbons (Fsp3) is 0.286. The second-order valence-corrected chi connectivity index (χ2v) is 4.84. The Labute approximate surface area is 120 Å². The van der Waals surface area contributed by atoms with Crippen LogP contribution in [0.2, 0.25) is 5.02 Å². The van der Waals surface area contributed by atoms with Gasteiger partial charge in [-0.05, 0) is 12.5 Å². The molecule has 0 bridgehead atoms. The van der Waals surface area contributed by atoms with Crippen LogP contribution < -0.4 is 11.2 Å². The maximum Gasteiger partial charge on any atom is 0.331 e. The van der Waals surface area contributed by atoms with E-state index in [-0.39, 0.29) is 17.1 Å². The van der Waals surface area contributed by atoms with Gasteiger partial charge in [0.25, 0.3) is 5.56 Å². The smallest absolute Gasteiger partial charge is 0.300 e. The number of halogens is 2. The van der Waals surface area contributed by atoms with Crippen LogP contribution in [-0.4, -0.2) is 9.13 Å². The SMILES string of the molecule is CCCn1ccc(=O)n(Cc2cccc(Cl)c2F)c1=O. The van der Waals surface area contributed by atoms with Crippen LogP contribution in [0, 0.1) is 5.82 Å². The molecule has 1 aromatic heterocycles. The molecule has 2 aromatic rings. The molecule has 0 aliphatic heterocycles. The first-order chi connectivity index (χ1) is 9.54. The van der Waals surface area contributed by atoms with E-state index < -0.39 is 17.1 Å². The van der Waals surface area contributed by atoms with Gasteiger partial charge in [0.15, 0.2) is 0 Å². The van der Waals surface area contributed by atoms with Crippen LogP contribution in [0.5, 0.6) is 0 Å². The van der Waals surface area contributed by atoms with Gasteiger partial charge in [-0.1, -0.05) is 30.7 Å². The molecule has 0 fully saturated rings. The molecule has 20 heavy (non-hydrogen) atoms. The first-order valence-electron chi connectivity index (χ1n) is 6.27. The summed E-state index contributed by atoms with van der Waals surface area (Å²) < 4.78 is 16.3. The van der Waals surface area contributed by atoms with Crippen molar-refractivity contribution in [2.45, 2.75) is 26.4 Å². The third kappa shape index (κ3) is 2.82. The topological polar surface area (TPSA) is 44.0 Å². The highest BCUT2D eigenvalue weighted by atomic mass is 35.5. The number of hydrogen-bond donors (Lipinski definition) is 0. The molecular weight excluding hydrogens is 283 g/mol. The van der Waals surface area contributed by atoms with Gasteiger partial charge < -0.3 is 4.57 Å². The summed E-state index contributed by atoms with van der Waals surface area (Å²) in [5.41, 5.74) is -0.689. The zero-order chi connectivity index (χ0) is 14.7. The molecule has 0 amide bonds. The molecular formula is C14H14ClFN2O2. The Morgan fingerprint density at radius 1 is 1.25 bits per heavy atom. The zero-order valence-corrected chi connectivity index (χ0v) is 11.7. The highest BCUT2D eigenvalue weighted by Gasteiger charge is 2.10. The molecule has 0 spiro atoms. The summed E-state index contributed by atoms with van der Waals surface area (Å²) in [6.45, 7) is 2.31. The molecule has 0 aliphatic carbocycles.